The fourth-order valence-electron chi connectivity index (χ4n) is 1.64. The molecule has 1 aromatic carbocycles. The van der Waals surface area contributed by atoms with Gasteiger partial charge in [-0.15, -0.1) is 0 Å². The van der Waals surface area contributed by atoms with Gasteiger partial charge in [-0.2, -0.15) is 4.37 Å². The second kappa shape index (κ2) is 6.38. The van der Waals surface area contributed by atoms with Crippen molar-refractivity contribution in [2.75, 3.05) is 5.32 Å². The number of carbonyl (C=O) groups excluding carboxylic acids is 2. The number of aromatic nitrogens is 2. The molecule has 1 N–H and O–H groups in total. The molecule has 0 saturated heterocycles. The lowest BCUT2D eigenvalue weighted by Crippen LogP contribution is -2.13. The van der Waals surface area contributed by atoms with E-state index in [0.717, 1.165) is 17.1 Å². The lowest BCUT2D eigenvalue weighted by molar-refractivity contribution is -0.116. The first-order chi connectivity index (χ1) is 9.54. The van der Waals surface area contributed by atoms with Gasteiger partial charge in [0.25, 0.3) is 0 Å². The van der Waals surface area contributed by atoms with Gasteiger partial charge in [0.05, 0.1) is 0 Å². The van der Waals surface area contributed by atoms with Crippen LogP contribution in [0, 0.1) is 13.8 Å². The van der Waals surface area contributed by atoms with Crippen molar-refractivity contribution >= 4 is 28.4 Å². The van der Waals surface area contributed by atoms with Gasteiger partial charge in [0.1, 0.15) is 5.82 Å². The molecule has 0 aliphatic rings. The maximum atomic E-state index is 11.9. The number of aryl methyl sites for hydroxylation is 2. The zero-order valence-corrected chi connectivity index (χ0v) is 12.2. The first-order valence-electron chi connectivity index (χ1n) is 6.24. The van der Waals surface area contributed by atoms with E-state index in [9.17, 15) is 9.59 Å². The molecule has 1 aromatic heterocycles. The Labute approximate surface area is 121 Å². The minimum Gasteiger partial charge on any atom is -0.301 e. The monoisotopic (exact) mass is 289 g/mol. The van der Waals surface area contributed by atoms with Crippen molar-refractivity contribution in [2.45, 2.75) is 26.7 Å². The first kappa shape index (κ1) is 14.3. The van der Waals surface area contributed by atoms with Crippen molar-refractivity contribution in [1.82, 2.24) is 9.36 Å². The number of Topliss-reactive ketones (excluding diaryl/α,β-unsaturated/α-hetero) is 1. The molecule has 0 atom stereocenters. The highest BCUT2D eigenvalue weighted by Gasteiger charge is 2.10. The summed E-state index contributed by atoms with van der Waals surface area (Å²) in [6, 6.07) is 7.34. The van der Waals surface area contributed by atoms with Gasteiger partial charge in [0.2, 0.25) is 11.0 Å². The minimum absolute atomic E-state index is 0.0337. The largest absolute Gasteiger partial charge is 0.301 e. The Morgan fingerprint density at radius 3 is 2.45 bits per heavy atom. The summed E-state index contributed by atoms with van der Waals surface area (Å²) in [4.78, 5) is 27.6. The van der Waals surface area contributed by atoms with E-state index in [1.54, 1.807) is 19.1 Å². The number of nitrogens with zero attached hydrogens (tertiary/aromatic N) is 2. The van der Waals surface area contributed by atoms with Gasteiger partial charge in [-0.05, 0) is 13.8 Å². The third-order valence-electron chi connectivity index (χ3n) is 2.73. The molecule has 2 rings (SSSR count). The number of anilines is 1. The molecule has 0 radical (unpaired) electrons. The Kier molecular flexibility index (Phi) is 4.57. The Bertz CT molecular complexity index is 620. The van der Waals surface area contributed by atoms with E-state index in [0.29, 0.717) is 16.5 Å². The average Bonchev–Trinajstić information content (AvgIpc) is 2.82. The molecule has 20 heavy (non-hydrogen) atoms. The highest BCUT2D eigenvalue weighted by atomic mass is 32.1. The van der Waals surface area contributed by atoms with Crippen molar-refractivity contribution in [1.29, 1.82) is 0 Å². The van der Waals surface area contributed by atoms with Crippen LogP contribution < -0.4 is 5.32 Å². The zero-order chi connectivity index (χ0) is 14.5. The van der Waals surface area contributed by atoms with Crippen LogP contribution in [0.25, 0.3) is 0 Å². The number of amides is 1. The Morgan fingerprint density at radius 2 is 1.85 bits per heavy atom. The van der Waals surface area contributed by atoms with Crippen molar-refractivity contribution in [3.8, 4) is 0 Å². The standard InChI is InChI=1S/C14H15N3O2S/c1-9-3-5-11(6-4-9)12(18)7-8-13(19)16-14-15-10(2)17-20-14/h3-6H,7-8H2,1-2H3,(H,15,16,17,19). The van der Waals surface area contributed by atoms with Gasteiger partial charge < -0.3 is 5.32 Å². The minimum atomic E-state index is -0.221. The van der Waals surface area contributed by atoms with Gasteiger partial charge in [-0.25, -0.2) is 4.98 Å². The molecule has 1 amide bonds. The van der Waals surface area contributed by atoms with Crippen molar-refractivity contribution in [3.05, 3.63) is 41.2 Å². The van der Waals surface area contributed by atoms with Crippen molar-refractivity contribution < 1.29 is 9.59 Å². The number of benzene rings is 1. The predicted molar refractivity (Wildman–Crippen MR) is 78.0 cm³/mol. The normalized spacial score (nSPS) is 10.3. The predicted octanol–water partition coefficient (Wildman–Crippen LogP) is 2.76. The average molecular weight is 289 g/mol. The summed E-state index contributed by atoms with van der Waals surface area (Å²) in [5.74, 6) is 0.372. The van der Waals surface area contributed by atoms with Crippen LogP contribution in [0.5, 0.6) is 0 Å². The van der Waals surface area contributed by atoms with Crippen molar-refractivity contribution in [3.63, 3.8) is 0 Å². The van der Waals surface area contributed by atoms with E-state index in [4.69, 9.17) is 0 Å². The van der Waals surface area contributed by atoms with Crippen LogP contribution in [0.2, 0.25) is 0 Å². The summed E-state index contributed by atoms with van der Waals surface area (Å²) in [6.07, 6.45) is 0.331. The number of ketones is 1. The molecule has 2 aromatic rings. The summed E-state index contributed by atoms with van der Waals surface area (Å²) in [5, 5.41) is 3.10. The molecule has 0 bridgehead atoms. The van der Waals surface area contributed by atoms with Crippen LogP contribution in [-0.2, 0) is 4.79 Å². The van der Waals surface area contributed by atoms with Crippen LogP contribution in [-0.4, -0.2) is 21.0 Å². The smallest absolute Gasteiger partial charge is 0.226 e. The third kappa shape index (κ3) is 3.96. The Hall–Kier alpha value is -2.08. The molecular weight excluding hydrogens is 274 g/mol. The molecule has 6 heteroatoms. The molecule has 0 aliphatic heterocycles. The van der Waals surface area contributed by atoms with Crippen LogP contribution in [0.3, 0.4) is 0 Å². The van der Waals surface area contributed by atoms with E-state index in [1.165, 1.54) is 0 Å². The topological polar surface area (TPSA) is 72.0 Å². The molecule has 0 fully saturated rings. The molecule has 5 nitrogen and oxygen atoms in total. The van der Waals surface area contributed by atoms with Crippen LogP contribution >= 0.6 is 11.5 Å². The molecular formula is C14H15N3O2S. The van der Waals surface area contributed by atoms with Crippen LogP contribution in [0.1, 0.15) is 34.6 Å². The Morgan fingerprint density at radius 1 is 1.15 bits per heavy atom. The lowest BCUT2D eigenvalue weighted by atomic mass is 10.1. The SMILES string of the molecule is Cc1ccc(C(=O)CCC(=O)Nc2nc(C)ns2)cc1. The molecule has 1 heterocycles. The van der Waals surface area contributed by atoms with E-state index in [-0.39, 0.29) is 24.5 Å². The number of rotatable bonds is 5. The highest BCUT2D eigenvalue weighted by Crippen LogP contribution is 2.12. The van der Waals surface area contributed by atoms with Gasteiger partial charge in [-0.3, -0.25) is 9.59 Å². The van der Waals surface area contributed by atoms with Crippen LogP contribution in [0.15, 0.2) is 24.3 Å². The number of hydrogen-bond donors (Lipinski definition) is 1. The third-order valence-corrected chi connectivity index (χ3v) is 3.45. The van der Waals surface area contributed by atoms with Gasteiger partial charge >= 0.3 is 0 Å². The van der Waals surface area contributed by atoms with Gasteiger partial charge in [0.15, 0.2) is 5.78 Å². The van der Waals surface area contributed by atoms with E-state index in [1.807, 2.05) is 19.1 Å². The molecule has 0 spiro atoms. The van der Waals surface area contributed by atoms with Crippen LogP contribution in [0.4, 0.5) is 5.13 Å². The summed E-state index contributed by atoms with van der Waals surface area (Å²) in [7, 11) is 0. The summed E-state index contributed by atoms with van der Waals surface area (Å²) >= 11 is 1.13. The number of carbonyl (C=O) groups is 2. The molecule has 104 valence electrons. The van der Waals surface area contributed by atoms with Gasteiger partial charge in [-0.1, -0.05) is 29.8 Å². The summed E-state index contributed by atoms with van der Waals surface area (Å²) < 4.78 is 3.97. The van der Waals surface area contributed by atoms with E-state index < -0.39 is 0 Å². The first-order valence-corrected chi connectivity index (χ1v) is 7.02. The second-order valence-corrected chi connectivity index (χ2v) is 5.24. The highest BCUT2D eigenvalue weighted by molar-refractivity contribution is 7.09. The zero-order valence-electron chi connectivity index (χ0n) is 11.3. The molecule has 0 aliphatic carbocycles. The maximum absolute atomic E-state index is 11.9. The molecule has 0 saturated carbocycles. The fraction of sp³-hybridized carbons (Fsp3) is 0.286. The molecule has 0 unspecified atom stereocenters. The second-order valence-electron chi connectivity index (χ2n) is 4.48. The maximum Gasteiger partial charge on any atom is 0.226 e. The number of hydrogen-bond acceptors (Lipinski definition) is 5. The summed E-state index contributed by atoms with van der Waals surface area (Å²) in [5.41, 5.74) is 1.74. The Balaban J connectivity index is 1.84. The van der Waals surface area contributed by atoms with E-state index >= 15 is 0 Å². The lowest BCUT2D eigenvalue weighted by Gasteiger charge is -2.02. The summed E-state index contributed by atoms with van der Waals surface area (Å²) in [6.45, 7) is 3.72. The van der Waals surface area contributed by atoms with Crippen molar-refractivity contribution in [2.24, 2.45) is 0 Å². The van der Waals surface area contributed by atoms with Gasteiger partial charge in [0, 0.05) is 29.9 Å². The number of nitrogens with one attached hydrogen (secondary N) is 1. The fourth-order valence-corrected chi connectivity index (χ4v) is 2.23. The van der Waals surface area contributed by atoms with E-state index in [2.05, 4.69) is 14.7 Å². The quantitative estimate of drug-likeness (QED) is 0.859.